The van der Waals surface area contributed by atoms with Gasteiger partial charge in [-0.25, -0.2) is 0 Å². The largest absolute Gasteiger partial charge is 0.370 e. The normalized spacial score (nSPS) is 26.0. The summed E-state index contributed by atoms with van der Waals surface area (Å²) in [7, 11) is 2.27. The van der Waals surface area contributed by atoms with Gasteiger partial charge >= 0.3 is 0 Å². The van der Waals surface area contributed by atoms with E-state index < -0.39 is 0 Å². The molecule has 0 aromatic carbocycles. The second kappa shape index (κ2) is 30.5. The molecule has 0 radical (unpaired) electrons. The van der Waals surface area contributed by atoms with Gasteiger partial charge in [0.2, 0.25) is 0 Å². The fraction of sp³-hybridized carbons (Fsp3) is 0.821. The first-order chi connectivity index (χ1) is 21.1. The third-order valence-corrected chi connectivity index (χ3v) is 9.32. The third-order valence-electron chi connectivity index (χ3n) is 9.32. The fourth-order valence-electron chi connectivity index (χ4n) is 6.34. The number of hydrogen-bond acceptors (Lipinski definition) is 2. The minimum atomic E-state index is 0.207. The van der Waals surface area contributed by atoms with Crippen LogP contribution in [0.5, 0.6) is 0 Å². The first-order valence-electron chi connectivity index (χ1n) is 18.8. The zero-order valence-electron chi connectivity index (χ0n) is 29.0. The van der Waals surface area contributed by atoms with Crippen LogP contribution in [0.4, 0.5) is 0 Å². The quantitative estimate of drug-likeness (QED) is 0.192. The van der Waals surface area contributed by atoms with Crippen LogP contribution in [0.15, 0.2) is 41.4 Å². The van der Waals surface area contributed by atoms with E-state index in [9.17, 15) is 0 Å². The SMILES string of the molecule is CC1C/C=C\CCCCCCCCC(N(C)CCN=C(N)N)CCCCCCCC/C=C\C/C=C\CCCCCCCC1. The van der Waals surface area contributed by atoms with Gasteiger partial charge in [0.1, 0.15) is 0 Å². The molecule has 43 heavy (non-hydrogen) atoms. The Hall–Kier alpha value is -1.55. The van der Waals surface area contributed by atoms with Crippen LogP contribution in [0.1, 0.15) is 174 Å². The Morgan fingerprint density at radius 3 is 1.49 bits per heavy atom. The highest BCUT2D eigenvalue weighted by atomic mass is 15.1. The lowest BCUT2D eigenvalue weighted by atomic mass is 9.98. The molecule has 250 valence electrons. The molecule has 4 nitrogen and oxygen atoms in total. The number of nitrogens with zero attached hydrogens (tertiary/aromatic N) is 2. The highest BCUT2D eigenvalue weighted by Gasteiger charge is 2.14. The van der Waals surface area contributed by atoms with Crippen molar-refractivity contribution in [1.82, 2.24) is 4.90 Å². The Balaban J connectivity index is 2.42. The minimum absolute atomic E-state index is 0.207. The molecule has 0 fully saturated rings. The predicted octanol–water partition coefficient (Wildman–Crippen LogP) is 11.0. The van der Waals surface area contributed by atoms with Crippen molar-refractivity contribution in [2.24, 2.45) is 22.4 Å². The summed E-state index contributed by atoms with van der Waals surface area (Å²) in [5.74, 6) is 1.05. The van der Waals surface area contributed by atoms with E-state index in [1.54, 1.807) is 0 Å². The summed E-state index contributed by atoms with van der Waals surface area (Å²) in [6.45, 7) is 4.08. The number of aliphatic imine (C=N–C) groups is 1. The number of nitrogens with two attached hydrogens (primary N) is 2. The van der Waals surface area contributed by atoms with E-state index in [0.29, 0.717) is 12.6 Å². The Morgan fingerprint density at radius 2 is 1.00 bits per heavy atom. The van der Waals surface area contributed by atoms with Crippen LogP contribution in [0, 0.1) is 5.92 Å². The monoisotopic (exact) mass is 599 g/mol. The van der Waals surface area contributed by atoms with Gasteiger partial charge in [-0.3, -0.25) is 4.99 Å². The Kier molecular flexibility index (Phi) is 28.0. The highest BCUT2D eigenvalue weighted by molar-refractivity contribution is 5.75. The van der Waals surface area contributed by atoms with Crippen molar-refractivity contribution < 1.29 is 0 Å². The average Bonchev–Trinajstić information content (AvgIpc) is 2.98. The molecule has 0 spiro atoms. The van der Waals surface area contributed by atoms with Gasteiger partial charge in [-0.15, -0.1) is 0 Å². The van der Waals surface area contributed by atoms with E-state index in [4.69, 9.17) is 11.5 Å². The molecule has 0 saturated carbocycles. The van der Waals surface area contributed by atoms with Gasteiger partial charge in [-0.05, 0) is 77.2 Å². The summed E-state index contributed by atoms with van der Waals surface area (Å²) < 4.78 is 0. The maximum Gasteiger partial charge on any atom is 0.185 e. The third kappa shape index (κ3) is 27.7. The number of likely N-dealkylation sites (N-methyl/N-ethyl adjacent to an activating group) is 1. The lowest BCUT2D eigenvalue weighted by Gasteiger charge is -2.28. The molecule has 2 atom stereocenters. The molecule has 0 aliphatic heterocycles. The maximum atomic E-state index is 5.55. The first-order valence-corrected chi connectivity index (χ1v) is 18.8. The van der Waals surface area contributed by atoms with Gasteiger partial charge in [0.05, 0.1) is 6.54 Å². The highest BCUT2D eigenvalue weighted by Crippen LogP contribution is 2.19. The summed E-state index contributed by atoms with van der Waals surface area (Å²) in [5, 5.41) is 0. The van der Waals surface area contributed by atoms with Crippen LogP contribution in [0.2, 0.25) is 0 Å². The lowest BCUT2D eigenvalue weighted by molar-refractivity contribution is 0.215. The Labute approximate surface area is 269 Å². The molecule has 1 aliphatic carbocycles. The number of allylic oxidation sites excluding steroid dienone is 6. The van der Waals surface area contributed by atoms with E-state index >= 15 is 0 Å². The molecule has 4 heteroatoms. The van der Waals surface area contributed by atoms with Crippen LogP contribution in [-0.2, 0) is 0 Å². The van der Waals surface area contributed by atoms with Crippen molar-refractivity contribution in [2.45, 2.75) is 180 Å². The zero-order chi connectivity index (χ0) is 31.1. The number of guanidine groups is 1. The molecular formula is C39H74N4. The molecular weight excluding hydrogens is 524 g/mol. The van der Waals surface area contributed by atoms with E-state index in [1.807, 2.05) is 0 Å². The molecule has 0 heterocycles. The molecule has 0 amide bonds. The van der Waals surface area contributed by atoms with Crippen LogP contribution in [0.3, 0.4) is 0 Å². The fourth-order valence-corrected chi connectivity index (χ4v) is 6.34. The van der Waals surface area contributed by atoms with Gasteiger partial charge < -0.3 is 16.4 Å². The van der Waals surface area contributed by atoms with Crippen molar-refractivity contribution in [3.63, 3.8) is 0 Å². The minimum Gasteiger partial charge on any atom is -0.370 e. The van der Waals surface area contributed by atoms with Gasteiger partial charge in [0.15, 0.2) is 5.96 Å². The van der Waals surface area contributed by atoms with Gasteiger partial charge in [0, 0.05) is 12.6 Å². The van der Waals surface area contributed by atoms with Crippen molar-refractivity contribution >= 4 is 5.96 Å². The Morgan fingerprint density at radius 1 is 0.581 bits per heavy atom. The van der Waals surface area contributed by atoms with Gasteiger partial charge in [-0.1, -0.05) is 146 Å². The standard InChI is InChI=1S/C39H74N4/c1-37-31-27-23-19-15-12-10-8-6-4-3-5-7-9-11-13-17-21-25-29-33-38(43(2)36-35-42-39(40)41)34-30-26-22-18-14-16-20-24-28-32-37/h4-7,24,28,37-38H,3,8-23,25-27,29-36H2,1-2H3,(H4,40,41,42)/b6-4-,7-5-,28-24-. The number of hydrogen-bond donors (Lipinski definition) is 2. The molecule has 2 unspecified atom stereocenters. The van der Waals surface area contributed by atoms with Crippen LogP contribution in [-0.4, -0.2) is 37.0 Å². The van der Waals surface area contributed by atoms with E-state index in [1.165, 1.54) is 161 Å². The molecule has 1 rings (SSSR count). The summed E-state index contributed by atoms with van der Waals surface area (Å²) in [6.07, 6.45) is 49.4. The Bertz CT molecular complexity index is 706. The molecule has 0 aromatic rings. The zero-order valence-corrected chi connectivity index (χ0v) is 29.0. The average molecular weight is 599 g/mol. The summed E-state index contributed by atoms with van der Waals surface area (Å²) in [4.78, 5) is 6.73. The van der Waals surface area contributed by atoms with Gasteiger partial charge in [0.25, 0.3) is 0 Å². The van der Waals surface area contributed by atoms with E-state index in [2.05, 4.69) is 60.3 Å². The van der Waals surface area contributed by atoms with Crippen molar-refractivity contribution in [2.75, 3.05) is 20.1 Å². The molecule has 0 saturated heterocycles. The molecule has 0 aromatic heterocycles. The second-order valence-corrected chi connectivity index (χ2v) is 13.5. The van der Waals surface area contributed by atoms with Crippen LogP contribution >= 0.6 is 0 Å². The predicted molar refractivity (Wildman–Crippen MR) is 194 cm³/mol. The molecule has 4 N–H and O–H groups in total. The smallest absolute Gasteiger partial charge is 0.185 e. The summed E-state index contributed by atoms with van der Waals surface area (Å²) >= 11 is 0. The topological polar surface area (TPSA) is 67.6 Å². The molecule has 1 aliphatic rings. The summed E-state index contributed by atoms with van der Waals surface area (Å²) in [5.41, 5.74) is 11.1. The van der Waals surface area contributed by atoms with Crippen molar-refractivity contribution in [3.8, 4) is 0 Å². The summed E-state index contributed by atoms with van der Waals surface area (Å²) in [6, 6.07) is 0.656. The van der Waals surface area contributed by atoms with Crippen LogP contribution in [0.25, 0.3) is 0 Å². The maximum absolute atomic E-state index is 5.55. The van der Waals surface area contributed by atoms with Crippen molar-refractivity contribution in [3.05, 3.63) is 36.5 Å². The molecule has 0 bridgehead atoms. The number of rotatable bonds is 4. The first kappa shape index (κ1) is 39.5. The van der Waals surface area contributed by atoms with Crippen LogP contribution < -0.4 is 11.5 Å². The lowest BCUT2D eigenvalue weighted by Crippen LogP contribution is -2.34. The van der Waals surface area contributed by atoms with Gasteiger partial charge in [-0.2, -0.15) is 0 Å². The second-order valence-electron chi connectivity index (χ2n) is 13.5. The van der Waals surface area contributed by atoms with E-state index in [-0.39, 0.29) is 5.96 Å². The van der Waals surface area contributed by atoms with Crippen molar-refractivity contribution in [1.29, 1.82) is 0 Å². The van der Waals surface area contributed by atoms with E-state index in [0.717, 1.165) is 18.9 Å².